The zero-order valence-corrected chi connectivity index (χ0v) is 17.5. The summed E-state index contributed by atoms with van der Waals surface area (Å²) in [5.41, 5.74) is 2.22. The van der Waals surface area contributed by atoms with Gasteiger partial charge in [0.2, 0.25) is 0 Å². The van der Waals surface area contributed by atoms with Gasteiger partial charge in [-0.2, -0.15) is 0 Å². The molecular weight excluding hydrogens is 367 g/mol. The lowest BCUT2D eigenvalue weighted by molar-refractivity contribution is 0.0617. The van der Waals surface area contributed by atoms with Crippen LogP contribution < -0.4 is 4.90 Å². The molecule has 2 aliphatic rings. The Labute approximate surface area is 172 Å². The molecule has 2 saturated heterocycles. The Kier molecular flexibility index (Phi) is 5.11. The van der Waals surface area contributed by atoms with Gasteiger partial charge >= 0.3 is 0 Å². The van der Waals surface area contributed by atoms with Gasteiger partial charge in [-0.1, -0.05) is 18.2 Å². The molecule has 5 heteroatoms. The van der Waals surface area contributed by atoms with E-state index in [-0.39, 0.29) is 22.8 Å². The first-order chi connectivity index (χ1) is 13.8. The molecule has 0 saturated carbocycles. The van der Waals surface area contributed by atoms with E-state index in [9.17, 15) is 9.18 Å². The minimum absolute atomic E-state index is 0.0809. The molecule has 1 spiro atoms. The topological polar surface area (TPSA) is 32.8 Å². The van der Waals surface area contributed by atoms with Gasteiger partial charge in [0.05, 0.1) is 12.1 Å². The molecule has 0 N–H and O–H groups in total. The molecule has 1 atom stereocenters. The lowest BCUT2D eigenvalue weighted by Gasteiger charge is -2.35. The van der Waals surface area contributed by atoms with Crippen LogP contribution >= 0.6 is 0 Å². The summed E-state index contributed by atoms with van der Waals surface area (Å²) < 4.78 is 19.1. The summed E-state index contributed by atoms with van der Waals surface area (Å²) in [5, 5.41) is 0. The normalized spacial score (nSPS) is 23.2. The molecule has 2 aliphatic heterocycles. The van der Waals surface area contributed by atoms with E-state index in [0.29, 0.717) is 12.2 Å². The number of rotatable bonds is 4. The summed E-state index contributed by atoms with van der Waals surface area (Å²) in [5.74, 6) is -0.147. The molecule has 0 aliphatic carbocycles. The highest BCUT2D eigenvalue weighted by Gasteiger charge is 2.54. The van der Waals surface area contributed by atoms with Crippen LogP contribution in [0.25, 0.3) is 0 Å². The van der Waals surface area contributed by atoms with E-state index < -0.39 is 0 Å². The van der Waals surface area contributed by atoms with Crippen LogP contribution in [-0.2, 0) is 11.3 Å². The summed E-state index contributed by atoms with van der Waals surface area (Å²) in [7, 11) is 1.66. The molecule has 2 fully saturated rings. The number of carbonyl (C=O) groups excluding carboxylic acids is 1. The highest BCUT2D eigenvalue weighted by molar-refractivity contribution is 5.95. The molecule has 1 unspecified atom stereocenters. The molecule has 0 bridgehead atoms. The zero-order chi connectivity index (χ0) is 20.6. The second kappa shape index (κ2) is 7.45. The van der Waals surface area contributed by atoms with E-state index in [1.54, 1.807) is 19.2 Å². The number of likely N-dealkylation sites (tertiary alicyclic amines) is 1. The number of amides is 1. The minimum atomic E-state index is -0.228. The molecule has 4 nitrogen and oxygen atoms in total. The maximum absolute atomic E-state index is 13.9. The second-order valence-corrected chi connectivity index (χ2v) is 8.97. The van der Waals surface area contributed by atoms with Gasteiger partial charge in [-0.05, 0) is 69.0 Å². The smallest absolute Gasteiger partial charge is 0.254 e. The van der Waals surface area contributed by atoms with Crippen LogP contribution in [0.3, 0.4) is 0 Å². The van der Waals surface area contributed by atoms with Crippen LogP contribution in [0.1, 0.15) is 49.0 Å². The maximum Gasteiger partial charge on any atom is 0.254 e. The van der Waals surface area contributed by atoms with Gasteiger partial charge < -0.3 is 14.5 Å². The fourth-order valence-electron chi connectivity index (χ4n) is 5.27. The number of benzene rings is 2. The van der Waals surface area contributed by atoms with Gasteiger partial charge in [-0.15, -0.1) is 0 Å². The second-order valence-electron chi connectivity index (χ2n) is 8.97. The van der Waals surface area contributed by atoms with Gasteiger partial charge in [-0.25, -0.2) is 4.39 Å². The first kappa shape index (κ1) is 19.9. The molecular formula is C24H29FN2O2. The van der Waals surface area contributed by atoms with Crippen molar-refractivity contribution in [1.82, 2.24) is 4.90 Å². The number of hydrogen-bond donors (Lipinski definition) is 0. The Balaban J connectivity index is 1.63. The molecule has 2 aromatic rings. The Morgan fingerprint density at radius 2 is 1.97 bits per heavy atom. The summed E-state index contributed by atoms with van der Waals surface area (Å²) in [6, 6.07) is 14.5. The van der Waals surface area contributed by atoms with Gasteiger partial charge in [-0.3, -0.25) is 4.79 Å². The fraction of sp³-hybridized carbons (Fsp3) is 0.458. The molecule has 2 aromatic carbocycles. The van der Waals surface area contributed by atoms with Gasteiger partial charge in [0.1, 0.15) is 5.82 Å². The minimum Gasteiger partial charge on any atom is -0.380 e. The molecule has 29 heavy (non-hydrogen) atoms. The Morgan fingerprint density at radius 1 is 1.17 bits per heavy atom. The molecule has 4 rings (SSSR count). The van der Waals surface area contributed by atoms with E-state index >= 15 is 0 Å². The van der Waals surface area contributed by atoms with Crippen molar-refractivity contribution in [1.29, 1.82) is 0 Å². The predicted molar refractivity (Wildman–Crippen MR) is 113 cm³/mol. The lowest BCUT2D eigenvalue weighted by atomic mass is 9.87. The van der Waals surface area contributed by atoms with Crippen LogP contribution in [0.4, 0.5) is 10.1 Å². The van der Waals surface area contributed by atoms with Crippen molar-refractivity contribution in [3.63, 3.8) is 0 Å². The van der Waals surface area contributed by atoms with E-state index in [0.717, 1.165) is 43.6 Å². The van der Waals surface area contributed by atoms with Crippen LogP contribution in [0, 0.1) is 5.82 Å². The van der Waals surface area contributed by atoms with Crippen molar-refractivity contribution < 1.29 is 13.9 Å². The number of methoxy groups -OCH3 is 1. The van der Waals surface area contributed by atoms with Crippen molar-refractivity contribution in [2.24, 2.45) is 0 Å². The van der Waals surface area contributed by atoms with Gasteiger partial charge in [0, 0.05) is 37.0 Å². The monoisotopic (exact) mass is 396 g/mol. The van der Waals surface area contributed by atoms with E-state index in [1.165, 1.54) is 6.07 Å². The van der Waals surface area contributed by atoms with Crippen molar-refractivity contribution >= 4 is 11.6 Å². The number of ether oxygens (including phenoxy) is 1. The number of carbonyl (C=O) groups is 1. The predicted octanol–water partition coefficient (Wildman–Crippen LogP) is 4.64. The van der Waals surface area contributed by atoms with Crippen LogP contribution in [0.2, 0.25) is 0 Å². The molecule has 0 aromatic heterocycles. The number of hydrogen-bond acceptors (Lipinski definition) is 3. The van der Waals surface area contributed by atoms with Crippen molar-refractivity contribution in [3.8, 4) is 0 Å². The lowest BCUT2D eigenvalue weighted by Crippen LogP contribution is -2.49. The van der Waals surface area contributed by atoms with Crippen LogP contribution in [0.5, 0.6) is 0 Å². The standard InChI is InChI=1S/C24H29FN2O2/c1-23(2)16-24(17-27(23)21-10-5-9-20(25)14-21)11-6-12-26(24)22(28)19-8-4-7-18(13-19)15-29-3/h4-5,7-10,13-14H,6,11-12,15-17H2,1-3H3. The molecule has 154 valence electrons. The largest absolute Gasteiger partial charge is 0.380 e. The first-order valence-corrected chi connectivity index (χ1v) is 10.3. The van der Waals surface area contributed by atoms with E-state index in [1.807, 2.05) is 30.3 Å². The Morgan fingerprint density at radius 3 is 2.72 bits per heavy atom. The zero-order valence-electron chi connectivity index (χ0n) is 17.5. The number of nitrogens with zero attached hydrogens (tertiary/aromatic N) is 2. The summed E-state index contributed by atoms with van der Waals surface area (Å²) in [6.45, 7) is 6.36. The number of halogens is 1. The summed E-state index contributed by atoms with van der Waals surface area (Å²) in [4.78, 5) is 17.8. The SMILES string of the molecule is COCc1cccc(C(=O)N2CCCC23CN(c2cccc(F)c2)C(C)(C)C3)c1. The Hall–Kier alpha value is -2.40. The van der Waals surface area contributed by atoms with Crippen LogP contribution in [-0.4, -0.2) is 42.1 Å². The third-order valence-electron chi connectivity index (χ3n) is 6.39. The van der Waals surface area contributed by atoms with E-state index in [2.05, 4.69) is 23.6 Å². The third kappa shape index (κ3) is 3.64. The first-order valence-electron chi connectivity index (χ1n) is 10.3. The average molecular weight is 397 g/mol. The molecule has 0 radical (unpaired) electrons. The number of anilines is 1. The molecule has 1 amide bonds. The average Bonchev–Trinajstić information content (AvgIpc) is 3.21. The summed E-state index contributed by atoms with van der Waals surface area (Å²) >= 11 is 0. The van der Waals surface area contributed by atoms with Crippen LogP contribution in [0.15, 0.2) is 48.5 Å². The van der Waals surface area contributed by atoms with Gasteiger partial charge in [0.15, 0.2) is 0 Å². The van der Waals surface area contributed by atoms with Crippen molar-refractivity contribution in [3.05, 3.63) is 65.5 Å². The third-order valence-corrected chi connectivity index (χ3v) is 6.39. The molecule has 2 heterocycles. The summed E-state index contributed by atoms with van der Waals surface area (Å²) in [6.07, 6.45) is 2.85. The van der Waals surface area contributed by atoms with Gasteiger partial charge in [0.25, 0.3) is 5.91 Å². The Bertz CT molecular complexity index is 913. The highest BCUT2D eigenvalue weighted by Crippen LogP contribution is 2.47. The van der Waals surface area contributed by atoms with Crippen molar-refractivity contribution in [2.75, 3.05) is 25.1 Å². The van der Waals surface area contributed by atoms with Crippen molar-refractivity contribution in [2.45, 2.75) is 50.8 Å². The fourth-order valence-corrected chi connectivity index (χ4v) is 5.27. The highest BCUT2D eigenvalue weighted by atomic mass is 19.1. The van der Waals surface area contributed by atoms with E-state index in [4.69, 9.17) is 4.74 Å². The quantitative estimate of drug-likeness (QED) is 0.755. The maximum atomic E-state index is 13.9.